The molecule has 2 N–H and O–H groups in total. The quantitative estimate of drug-likeness (QED) is 0.709. The van der Waals surface area contributed by atoms with E-state index >= 15 is 0 Å². The molecule has 2 aromatic rings. The maximum atomic E-state index is 5.62. The molecule has 0 atom stereocenters. The molecule has 1 aromatic carbocycles. The van der Waals surface area contributed by atoms with Crippen molar-refractivity contribution < 1.29 is 0 Å². The molecule has 0 bridgehead atoms. The molecule has 0 saturated heterocycles. The lowest BCUT2D eigenvalue weighted by atomic mass is 10.1. The molecular formula is C10H11N3. The summed E-state index contributed by atoms with van der Waals surface area (Å²) in [6, 6.07) is 7.93. The van der Waals surface area contributed by atoms with Crippen LogP contribution in [0, 0.1) is 6.92 Å². The van der Waals surface area contributed by atoms with Gasteiger partial charge < -0.3 is 5.73 Å². The molecule has 0 fully saturated rings. The van der Waals surface area contributed by atoms with E-state index in [1.165, 1.54) is 0 Å². The highest BCUT2D eigenvalue weighted by molar-refractivity contribution is 5.81. The molecule has 0 aliphatic rings. The summed E-state index contributed by atoms with van der Waals surface area (Å²) in [6.07, 6.45) is 0. The van der Waals surface area contributed by atoms with E-state index in [-0.39, 0.29) is 0 Å². The van der Waals surface area contributed by atoms with Gasteiger partial charge in [0.25, 0.3) is 0 Å². The van der Waals surface area contributed by atoms with Crippen LogP contribution in [0.15, 0.2) is 24.3 Å². The Balaban J connectivity index is 2.79. The molecule has 0 saturated carbocycles. The van der Waals surface area contributed by atoms with Gasteiger partial charge in [-0.2, -0.15) is 10.2 Å². The van der Waals surface area contributed by atoms with Gasteiger partial charge in [-0.1, -0.05) is 12.1 Å². The Kier molecular flexibility index (Phi) is 1.94. The molecule has 0 aliphatic carbocycles. The highest BCUT2D eigenvalue weighted by atomic mass is 15.1. The van der Waals surface area contributed by atoms with Crippen molar-refractivity contribution in [2.24, 2.45) is 5.73 Å². The van der Waals surface area contributed by atoms with E-state index in [1.807, 2.05) is 31.2 Å². The van der Waals surface area contributed by atoms with Crippen molar-refractivity contribution in [3.05, 3.63) is 35.5 Å². The average molecular weight is 173 g/mol. The first-order valence-corrected chi connectivity index (χ1v) is 4.23. The lowest BCUT2D eigenvalue weighted by molar-refractivity contribution is 1.01. The highest BCUT2D eigenvalue weighted by Crippen LogP contribution is 2.15. The van der Waals surface area contributed by atoms with Gasteiger partial charge in [0.1, 0.15) is 0 Å². The molecule has 0 amide bonds. The van der Waals surface area contributed by atoms with Gasteiger partial charge in [-0.3, -0.25) is 0 Å². The molecule has 0 unspecified atom stereocenters. The maximum Gasteiger partial charge on any atom is 0.0933 e. The Morgan fingerprint density at radius 2 is 2.15 bits per heavy atom. The van der Waals surface area contributed by atoms with Crippen LogP contribution in [-0.4, -0.2) is 10.2 Å². The second-order valence-corrected chi connectivity index (χ2v) is 3.04. The van der Waals surface area contributed by atoms with Crippen LogP contribution in [0.3, 0.4) is 0 Å². The third-order valence-corrected chi connectivity index (χ3v) is 2.06. The van der Waals surface area contributed by atoms with E-state index in [9.17, 15) is 0 Å². The van der Waals surface area contributed by atoms with Crippen LogP contribution in [0.1, 0.15) is 11.3 Å². The number of benzene rings is 1. The largest absolute Gasteiger partial charge is 0.326 e. The minimum absolute atomic E-state index is 0.544. The van der Waals surface area contributed by atoms with Crippen molar-refractivity contribution in [3.63, 3.8) is 0 Å². The first-order chi connectivity index (χ1) is 6.31. The van der Waals surface area contributed by atoms with Gasteiger partial charge in [0.2, 0.25) is 0 Å². The van der Waals surface area contributed by atoms with Crippen LogP contribution in [0.4, 0.5) is 0 Å². The highest BCUT2D eigenvalue weighted by Gasteiger charge is 2.00. The fraction of sp³-hybridized carbons (Fsp3) is 0.200. The molecular weight excluding hydrogens is 162 g/mol. The SMILES string of the molecule is Cc1cc2c(CN)cccc2nn1. The molecule has 13 heavy (non-hydrogen) atoms. The number of aryl methyl sites for hydroxylation is 1. The molecule has 0 aliphatic heterocycles. The summed E-state index contributed by atoms with van der Waals surface area (Å²) < 4.78 is 0. The molecule has 3 nitrogen and oxygen atoms in total. The number of aromatic nitrogens is 2. The van der Waals surface area contributed by atoms with Crippen LogP contribution in [0.25, 0.3) is 10.9 Å². The molecule has 1 heterocycles. The molecule has 2 rings (SSSR count). The first-order valence-electron chi connectivity index (χ1n) is 4.23. The third kappa shape index (κ3) is 1.38. The predicted octanol–water partition coefficient (Wildman–Crippen LogP) is 1.40. The van der Waals surface area contributed by atoms with Crippen LogP contribution in [-0.2, 0) is 6.54 Å². The normalized spacial score (nSPS) is 10.6. The average Bonchev–Trinajstić information content (AvgIpc) is 2.17. The zero-order valence-electron chi connectivity index (χ0n) is 7.49. The Hall–Kier alpha value is -1.48. The number of rotatable bonds is 1. The number of nitrogens with two attached hydrogens (primary N) is 1. The summed E-state index contributed by atoms with van der Waals surface area (Å²) in [5.41, 5.74) is 8.57. The molecule has 3 heteroatoms. The van der Waals surface area contributed by atoms with Crippen molar-refractivity contribution in [2.45, 2.75) is 13.5 Å². The van der Waals surface area contributed by atoms with Gasteiger partial charge in [-0.05, 0) is 24.6 Å². The van der Waals surface area contributed by atoms with Crippen molar-refractivity contribution in [3.8, 4) is 0 Å². The first kappa shape index (κ1) is 8.13. The molecule has 1 aromatic heterocycles. The zero-order valence-corrected chi connectivity index (χ0v) is 7.49. The van der Waals surface area contributed by atoms with Gasteiger partial charge >= 0.3 is 0 Å². The predicted molar refractivity (Wildman–Crippen MR) is 52.2 cm³/mol. The van der Waals surface area contributed by atoms with E-state index in [0.29, 0.717) is 6.54 Å². The van der Waals surface area contributed by atoms with Crippen LogP contribution >= 0.6 is 0 Å². The van der Waals surface area contributed by atoms with E-state index in [4.69, 9.17) is 5.73 Å². The second-order valence-electron chi connectivity index (χ2n) is 3.04. The molecule has 66 valence electrons. The van der Waals surface area contributed by atoms with Crippen molar-refractivity contribution in [1.82, 2.24) is 10.2 Å². The van der Waals surface area contributed by atoms with Gasteiger partial charge in [-0.25, -0.2) is 0 Å². The fourth-order valence-corrected chi connectivity index (χ4v) is 1.40. The van der Waals surface area contributed by atoms with Crippen molar-refractivity contribution in [2.75, 3.05) is 0 Å². The summed E-state index contributed by atoms with van der Waals surface area (Å²) in [7, 11) is 0. The number of hydrogen-bond donors (Lipinski definition) is 1. The van der Waals surface area contributed by atoms with Crippen molar-refractivity contribution >= 4 is 10.9 Å². The Morgan fingerprint density at radius 1 is 1.31 bits per heavy atom. The minimum Gasteiger partial charge on any atom is -0.326 e. The number of nitrogens with zero attached hydrogens (tertiary/aromatic N) is 2. The van der Waals surface area contributed by atoms with Gasteiger partial charge in [0.15, 0.2) is 0 Å². The summed E-state index contributed by atoms with van der Waals surface area (Å²) in [5.74, 6) is 0. The monoisotopic (exact) mass is 173 g/mol. The van der Waals surface area contributed by atoms with E-state index in [2.05, 4.69) is 10.2 Å². The third-order valence-electron chi connectivity index (χ3n) is 2.06. The summed E-state index contributed by atoms with van der Waals surface area (Å²) in [5, 5.41) is 9.18. The summed E-state index contributed by atoms with van der Waals surface area (Å²) >= 11 is 0. The van der Waals surface area contributed by atoms with Crippen molar-refractivity contribution in [1.29, 1.82) is 0 Å². The number of hydrogen-bond acceptors (Lipinski definition) is 3. The van der Waals surface area contributed by atoms with E-state index < -0.39 is 0 Å². The topological polar surface area (TPSA) is 51.8 Å². The Morgan fingerprint density at radius 3 is 2.92 bits per heavy atom. The van der Waals surface area contributed by atoms with Gasteiger partial charge in [0, 0.05) is 11.9 Å². The Bertz CT molecular complexity index is 437. The van der Waals surface area contributed by atoms with Crippen LogP contribution < -0.4 is 5.73 Å². The van der Waals surface area contributed by atoms with Gasteiger partial charge in [-0.15, -0.1) is 0 Å². The van der Waals surface area contributed by atoms with E-state index in [0.717, 1.165) is 22.2 Å². The second kappa shape index (κ2) is 3.11. The lowest BCUT2D eigenvalue weighted by Gasteiger charge is -2.02. The Labute approximate surface area is 76.6 Å². The lowest BCUT2D eigenvalue weighted by Crippen LogP contribution is -1.98. The minimum atomic E-state index is 0.544. The fourth-order valence-electron chi connectivity index (χ4n) is 1.40. The van der Waals surface area contributed by atoms with Crippen LogP contribution in [0.2, 0.25) is 0 Å². The summed E-state index contributed by atoms with van der Waals surface area (Å²) in [4.78, 5) is 0. The maximum absolute atomic E-state index is 5.62. The van der Waals surface area contributed by atoms with Gasteiger partial charge in [0.05, 0.1) is 11.2 Å². The molecule has 0 radical (unpaired) electrons. The smallest absolute Gasteiger partial charge is 0.0933 e. The molecule has 0 spiro atoms. The van der Waals surface area contributed by atoms with E-state index in [1.54, 1.807) is 0 Å². The standard InChI is InChI=1S/C10H11N3/c1-7-5-9-8(6-11)3-2-4-10(9)13-12-7/h2-5H,6,11H2,1H3. The number of fused-ring (bicyclic) bond motifs is 1. The van der Waals surface area contributed by atoms with Crippen LogP contribution in [0.5, 0.6) is 0 Å². The zero-order chi connectivity index (χ0) is 9.26. The summed E-state index contributed by atoms with van der Waals surface area (Å²) in [6.45, 7) is 2.47.